The smallest absolute Gasteiger partial charge is 0.190 e. The molecule has 3 rings (SSSR count). The Hall–Kier alpha value is -2.60. The van der Waals surface area contributed by atoms with Crippen molar-refractivity contribution in [2.45, 2.75) is 0 Å². The first-order valence-electron chi connectivity index (χ1n) is 6.40. The van der Waals surface area contributed by atoms with Crippen LogP contribution in [0.25, 0.3) is 11.0 Å². The number of methoxy groups -OCH3 is 1. The van der Waals surface area contributed by atoms with E-state index >= 15 is 0 Å². The van der Waals surface area contributed by atoms with Gasteiger partial charge in [-0.1, -0.05) is 12.1 Å². The lowest BCUT2D eigenvalue weighted by Gasteiger charge is -2.12. The van der Waals surface area contributed by atoms with Crippen molar-refractivity contribution in [3.63, 3.8) is 0 Å². The van der Waals surface area contributed by atoms with Crippen LogP contribution in [0.3, 0.4) is 0 Å². The van der Waals surface area contributed by atoms with Gasteiger partial charge in [-0.2, -0.15) is 0 Å². The summed E-state index contributed by atoms with van der Waals surface area (Å²) in [6, 6.07) is 15.4. The fourth-order valence-corrected chi connectivity index (χ4v) is 2.21. The Morgan fingerprint density at radius 1 is 1.14 bits per heavy atom. The number of nitrogens with one attached hydrogen (secondary N) is 2. The summed E-state index contributed by atoms with van der Waals surface area (Å²) < 4.78 is 6.90. The number of hydrogen-bond donors (Lipinski definition) is 2. The molecular weight excluding hydrogens is 284 g/mol. The Morgan fingerprint density at radius 2 is 1.90 bits per heavy atom. The van der Waals surface area contributed by atoms with Crippen LogP contribution >= 0.6 is 12.2 Å². The van der Waals surface area contributed by atoms with Crippen molar-refractivity contribution in [1.82, 2.24) is 9.66 Å². The van der Waals surface area contributed by atoms with Gasteiger partial charge in [0.25, 0.3) is 0 Å². The van der Waals surface area contributed by atoms with E-state index in [-0.39, 0.29) is 0 Å². The second-order valence-electron chi connectivity index (χ2n) is 4.40. The standard InChI is InChI=1S/C15H14N4OS/c1-20-12-8-6-11(7-9-12)17-15(21)18-19-10-16-13-4-2-3-5-14(13)19/h2-10H,1H3,(H2,17,18,21). The number of anilines is 1. The molecule has 0 amide bonds. The van der Waals surface area contributed by atoms with Crippen molar-refractivity contribution >= 4 is 34.1 Å². The summed E-state index contributed by atoms with van der Waals surface area (Å²) in [7, 11) is 1.64. The molecular formula is C15H14N4OS. The molecule has 0 bridgehead atoms. The zero-order chi connectivity index (χ0) is 14.7. The number of rotatable bonds is 3. The molecule has 2 N–H and O–H groups in total. The second kappa shape index (κ2) is 5.80. The summed E-state index contributed by atoms with van der Waals surface area (Å²) in [5.41, 5.74) is 5.86. The highest BCUT2D eigenvalue weighted by Gasteiger charge is 2.03. The van der Waals surface area contributed by atoms with Crippen LogP contribution < -0.4 is 15.5 Å². The third-order valence-corrected chi connectivity index (χ3v) is 3.22. The van der Waals surface area contributed by atoms with Crippen LogP contribution in [0.1, 0.15) is 0 Å². The van der Waals surface area contributed by atoms with Crippen molar-refractivity contribution in [1.29, 1.82) is 0 Å². The first-order valence-corrected chi connectivity index (χ1v) is 6.81. The topological polar surface area (TPSA) is 51.1 Å². The van der Waals surface area contributed by atoms with Crippen molar-refractivity contribution in [3.8, 4) is 5.75 Å². The van der Waals surface area contributed by atoms with Gasteiger partial charge in [0.15, 0.2) is 5.11 Å². The van der Waals surface area contributed by atoms with Gasteiger partial charge >= 0.3 is 0 Å². The van der Waals surface area contributed by atoms with E-state index in [9.17, 15) is 0 Å². The maximum atomic E-state index is 5.31. The molecule has 0 atom stereocenters. The maximum Gasteiger partial charge on any atom is 0.190 e. The van der Waals surface area contributed by atoms with Crippen molar-refractivity contribution in [2.24, 2.45) is 0 Å². The molecule has 3 aromatic rings. The zero-order valence-electron chi connectivity index (χ0n) is 11.4. The van der Waals surface area contributed by atoms with Gasteiger partial charge in [-0.3, -0.25) is 5.43 Å². The van der Waals surface area contributed by atoms with Gasteiger partial charge in [0.2, 0.25) is 0 Å². The molecule has 0 aliphatic rings. The first kappa shape index (κ1) is 13.4. The predicted molar refractivity (Wildman–Crippen MR) is 88.3 cm³/mol. The van der Waals surface area contributed by atoms with Crippen LogP contribution in [0.5, 0.6) is 5.75 Å². The number of nitrogens with zero attached hydrogens (tertiary/aromatic N) is 2. The molecule has 1 aromatic heterocycles. The third-order valence-electron chi connectivity index (χ3n) is 3.02. The normalized spacial score (nSPS) is 10.3. The Kier molecular flexibility index (Phi) is 3.70. The van der Waals surface area contributed by atoms with E-state index in [1.54, 1.807) is 18.1 Å². The summed E-state index contributed by atoms with van der Waals surface area (Å²) in [6.07, 6.45) is 1.70. The van der Waals surface area contributed by atoms with E-state index in [2.05, 4.69) is 15.7 Å². The highest BCUT2D eigenvalue weighted by molar-refractivity contribution is 7.80. The summed E-state index contributed by atoms with van der Waals surface area (Å²) in [4.78, 5) is 4.30. The Bertz CT molecular complexity index is 767. The minimum Gasteiger partial charge on any atom is -0.497 e. The quantitative estimate of drug-likeness (QED) is 0.728. The Morgan fingerprint density at radius 3 is 2.67 bits per heavy atom. The first-order chi connectivity index (χ1) is 10.3. The van der Waals surface area contributed by atoms with Gasteiger partial charge in [0, 0.05) is 5.69 Å². The summed E-state index contributed by atoms with van der Waals surface area (Å²) in [5, 5.41) is 3.60. The van der Waals surface area contributed by atoms with Crippen molar-refractivity contribution in [2.75, 3.05) is 17.9 Å². The number of thiocarbonyl (C=S) groups is 1. The van der Waals surface area contributed by atoms with Crippen LogP contribution in [0.4, 0.5) is 5.69 Å². The molecule has 106 valence electrons. The monoisotopic (exact) mass is 298 g/mol. The van der Waals surface area contributed by atoms with E-state index in [1.807, 2.05) is 48.5 Å². The van der Waals surface area contributed by atoms with Crippen LogP contribution in [0.2, 0.25) is 0 Å². The van der Waals surface area contributed by atoms with Gasteiger partial charge in [-0.25, -0.2) is 9.66 Å². The number of fused-ring (bicyclic) bond motifs is 1. The van der Waals surface area contributed by atoms with Crippen LogP contribution in [-0.2, 0) is 0 Å². The van der Waals surface area contributed by atoms with E-state index in [0.717, 1.165) is 22.5 Å². The lowest BCUT2D eigenvalue weighted by atomic mass is 10.3. The minimum absolute atomic E-state index is 0.489. The van der Waals surface area contributed by atoms with Crippen molar-refractivity contribution < 1.29 is 4.74 Å². The molecule has 0 fully saturated rings. The van der Waals surface area contributed by atoms with Crippen LogP contribution in [0.15, 0.2) is 54.9 Å². The number of ether oxygens (including phenoxy) is 1. The molecule has 0 unspecified atom stereocenters. The summed E-state index contributed by atoms with van der Waals surface area (Å²) >= 11 is 5.31. The van der Waals surface area contributed by atoms with E-state index in [0.29, 0.717) is 5.11 Å². The molecule has 0 spiro atoms. The van der Waals surface area contributed by atoms with E-state index in [4.69, 9.17) is 17.0 Å². The van der Waals surface area contributed by atoms with Gasteiger partial charge in [-0.15, -0.1) is 0 Å². The predicted octanol–water partition coefficient (Wildman–Crippen LogP) is 2.99. The molecule has 6 heteroatoms. The number of aromatic nitrogens is 2. The minimum atomic E-state index is 0.489. The lowest BCUT2D eigenvalue weighted by molar-refractivity contribution is 0.415. The third kappa shape index (κ3) is 2.95. The highest BCUT2D eigenvalue weighted by Crippen LogP contribution is 2.15. The fourth-order valence-electron chi connectivity index (χ4n) is 1.99. The highest BCUT2D eigenvalue weighted by atomic mass is 32.1. The average Bonchev–Trinajstić information content (AvgIpc) is 2.91. The van der Waals surface area contributed by atoms with Crippen LogP contribution in [-0.4, -0.2) is 21.9 Å². The second-order valence-corrected chi connectivity index (χ2v) is 4.81. The van der Waals surface area contributed by atoms with Crippen molar-refractivity contribution in [3.05, 3.63) is 54.9 Å². The molecule has 5 nitrogen and oxygen atoms in total. The maximum absolute atomic E-state index is 5.31. The van der Waals surface area contributed by atoms with E-state index < -0.39 is 0 Å². The summed E-state index contributed by atoms with van der Waals surface area (Å²) in [6.45, 7) is 0. The Balaban J connectivity index is 1.71. The van der Waals surface area contributed by atoms with Gasteiger partial charge in [0.1, 0.15) is 12.1 Å². The Labute approximate surface area is 127 Å². The molecule has 1 heterocycles. The molecule has 0 aliphatic carbocycles. The number of imidazole rings is 1. The lowest BCUT2D eigenvalue weighted by Crippen LogP contribution is -2.26. The molecule has 2 aromatic carbocycles. The molecule has 21 heavy (non-hydrogen) atoms. The molecule has 0 saturated heterocycles. The van der Waals surface area contributed by atoms with Crippen LogP contribution in [0, 0.1) is 0 Å². The number of benzene rings is 2. The van der Waals surface area contributed by atoms with Gasteiger partial charge in [0.05, 0.1) is 18.1 Å². The fraction of sp³-hybridized carbons (Fsp3) is 0.0667. The van der Waals surface area contributed by atoms with E-state index in [1.165, 1.54) is 0 Å². The zero-order valence-corrected chi connectivity index (χ0v) is 12.2. The van der Waals surface area contributed by atoms with Gasteiger partial charge in [-0.05, 0) is 48.6 Å². The number of hydrogen-bond acceptors (Lipinski definition) is 3. The number of para-hydroxylation sites is 2. The SMILES string of the molecule is COc1ccc(NC(=S)Nn2cnc3ccccc32)cc1. The molecule has 0 aliphatic heterocycles. The largest absolute Gasteiger partial charge is 0.497 e. The van der Waals surface area contributed by atoms with Gasteiger partial charge < -0.3 is 10.1 Å². The molecule has 0 saturated carbocycles. The summed E-state index contributed by atoms with van der Waals surface area (Å²) in [5.74, 6) is 0.806. The molecule has 0 radical (unpaired) electrons. The average molecular weight is 298 g/mol.